The van der Waals surface area contributed by atoms with E-state index in [1.165, 1.54) is 31.2 Å². The highest BCUT2D eigenvalue weighted by molar-refractivity contribution is 5.78. The van der Waals surface area contributed by atoms with Crippen molar-refractivity contribution in [2.24, 2.45) is 0 Å². The molecule has 0 unspecified atom stereocenters. The SMILES string of the molecule is O=C(Cc1cnccn1)N1CCN(CCCCCc2ccccc2)CC1. The summed E-state index contributed by atoms with van der Waals surface area (Å²) < 4.78 is 0. The Morgan fingerprint density at radius 2 is 1.77 bits per heavy atom. The molecular formula is C21H28N4O. The number of carbonyl (C=O) groups is 1. The van der Waals surface area contributed by atoms with Gasteiger partial charge in [0.1, 0.15) is 0 Å². The van der Waals surface area contributed by atoms with E-state index in [9.17, 15) is 4.79 Å². The molecule has 1 amide bonds. The maximum Gasteiger partial charge on any atom is 0.228 e. The molecule has 0 saturated carbocycles. The topological polar surface area (TPSA) is 49.3 Å². The van der Waals surface area contributed by atoms with Crippen molar-refractivity contribution in [3.05, 3.63) is 60.2 Å². The molecule has 5 heteroatoms. The van der Waals surface area contributed by atoms with Crippen LogP contribution in [0.2, 0.25) is 0 Å². The Morgan fingerprint density at radius 1 is 0.962 bits per heavy atom. The summed E-state index contributed by atoms with van der Waals surface area (Å²) in [6.45, 7) is 4.74. The number of aryl methyl sites for hydroxylation is 1. The number of benzene rings is 1. The average molecular weight is 352 g/mol. The monoisotopic (exact) mass is 352 g/mol. The summed E-state index contributed by atoms with van der Waals surface area (Å²) in [5, 5.41) is 0. The van der Waals surface area contributed by atoms with Crippen molar-refractivity contribution in [3.8, 4) is 0 Å². The third kappa shape index (κ3) is 5.92. The zero-order valence-electron chi connectivity index (χ0n) is 15.4. The van der Waals surface area contributed by atoms with Gasteiger partial charge in [-0.25, -0.2) is 0 Å². The normalized spacial score (nSPS) is 15.2. The van der Waals surface area contributed by atoms with Gasteiger partial charge in [-0.05, 0) is 31.4 Å². The largest absolute Gasteiger partial charge is 0.340 e. The molecule has 1 aromatic carbocycles. The van der Waals surface area contributed by atoms with Gasteiger partial charge in [-0.1, -0.05) is 36.8 Å². The lowest BCUT2D eigenvalue weighted by molar-refractivity contribution is -0.132. The molecule has 0 radical (unpaired) electrons. The molecule has 0 spiro atoms. The Kier molecular flexibility index (Phi) is 7.14. The van der Waals surface area contributed by atoms with Gasteiger partial charge in [-0.15, -0.1) is 0 Å². The Bertz CT molecular complexity index is 654. The molecule has 0 N–H and O–H groups in total. The van der Waals surface area contributed by atoms with Crippen LogP contribution < -0.4 is 0 Å². The van der Waals surface area contributed by atoms with Gasteiger partial charge in [-0.3, -0.25) is 19.7 Å². The number of carbonyl (C=O) groups excluding carboxylic acids is 1. The molecule has 1 aliphatic heterocycles. The Morgan fingerprint density at radius 3 is 2.50 bits per heavy atom. The molecule has 1 saturated heterocycles. The molecule has 1 fully saturated rings. The molecule has 0 aliphatic carbocycles. The van der Waals surface area contributed by atoms with Crippen LogP contribution in [0.5, 0.6) is 0 Å². The minimum Gasteiger partial charge on any atom is -0.340 e. The summed E-state index contributed by atoms with van der Waals surface area (Å²) in [7, 11) is 0. The van der Waals surface area contributed by atoms with Crippen molar-refractivity contribution in [1.29, 1.82) is 0 Å². The van der Waals surface area contributed by atoms with Gasteiger partial charge < -0.3 is 4.90 Å². The minimum absolute atomic E-state index is 0.160. The van der Waals surface area contributed by atoms with E-state index in [0.29, 0.717) is 6.42 Å². The van der Waals surface area contributed by atoms with Gasteiger partial charge in [-0.2, -0.15) is 0 Å². The first kappa shape index (κ1) is 18.5. The first-order chi connectivity index (χ1) is 12.8. The summed E-state index contributed by atoms with van der Waals surface area (Å²) in [4.78, 5) is 25.0. The van der Waals surface area contributed by atoms with E-state index in [-0.39, 0.29) is 5.91 Å². The zero-order valence-corrected chi connectivity index (χ0v) is 15.4. The number of nitrogens with zero attached hydrogens (tertiary/aromatic N) is 4. The molecule has 3 rings (SSSR count). The number of hydrogen-bond donors (Lipinski definition) is 0. The highest BCUT2D eigenvalue weighted by Crippen LogP contribution is 2.09. The van der Waals surface area contributed by atoms with Crippen molar-refractivity contribution in [1.82, 2.24) is 19.8 Å². The molecule has 5 nitrogen and oxygen atoms in total. The lowest BCUT2D eigenvalue weighted by Gasteiger charge is -2.34. The van der Waals surface area contributed by atoms with Gasteiger partial charge in [0.15, 0.2) is 0 Å². The second-order valence-electron chi connectivity index (χ2n) is 6.89. The van der Waals surface area contributed by atoms with Gasteiger partial charge in [0.2, 0.25) is 5.91 Å². The molecule has 0 bridgehead atoms. The summed E-state index contributed by atoms with van der Waals surface area (Å²) in [6.07, 6.45) is 10.2. The number of amides is 1. The van der Waals surface area contributed by atoms with Crippen LogP contribution in [0.15, 0.2) is 48.9 Å². The second-order valence-corrected chi connectivity index (χ2v) is 6.89. The Hall–Kier alpha value is -2.27. The number of hydrogen-bond acceptors (Lipinski definition) is 4. The molecule has 138 valence electrons. The Balaban J connectivity index is 1.28. The van der Waals surface area contributed by atoms with E-state index in [0.717, 1.165) is 38.4 Å². The van der Waals surface area contributed by atoms with Crippen LogP contribution in [0.3, 0.4) is 0 Å². The number of unbranched alkanes of at least 4 members (excludes halogenated alkanes) is 2. The van der Waals surface area contributed by atoms with E-state index < -0.39 is 0 Å². The minimum atomic E-state index is 0.160. The quantitative estimate of drug-likeness (QED) is 0.685. The average Bonchev–Trinajstić information content (AvgIpc) is 2.70. The zero-order chi connectivity index (χ0) is 18.0. The van der Waals surface area contributed by atoms with Crippen molar-refractivity contribution in [3.63, 3.8) is 0 Å². The molecule has 2 heterocycles. The summed E-state index contributed by atoms with van der Waals surface area (Å²) in [5.74, 6) is 0.160. The van der Waals surface area contributed by atoms with Crippen molar-refractivity contribution in [2.45, 2.75) is 32.1 Å². The fraction of sp³-hybridized carbons (Fsp3) is 0.476. The molecule has 1 aromatic heterocycles. The number of piperazine rings is 1. The summed E-state index contributed by atoms with van der Waals surface area (Å²) in [5.41, 5.74) is 2.18. The van der Waals surface area contributed by atoms with E-state index in [4.69, 9.17) is 0 Å². The molecular weight excluding hydrogens is 324 g/mol. The standard InChI is InChI=1S/C21H28N4O/c26-21(17-20-18-22-10-11-23-20)25-15-13-24(14-16-25)12-6-2-5-9-19-7-3-1-4-8-19/h1,3-4,7-8,10-11,18H,2,5-6,9,12-17H2. The van der Waals surface area contributed by atoms with E-state index in [1.54, 1.807) is 18.6 Å². The van der Waals surface area contributed by atoms with Gasteiger partial charge in [0.25, 0.3) is 0 Å². The molecule has 1 aliphatic rings. The van der Waals surface area contributed by atoms with Gasteiger partial charge >= 0.3 is 0 Å². The fourth-order valence-corrected chi connectivity index (χ4v) is 3.39. The van der Waals surface area contributed by atoms with Crippen molar-refractivity contribution in [2.75, 3.05) is 32.7 Å². The second kappa shape index (κ2) is 10.0. The van der Waals surface area contributed by atoms with Crippen molar-refractivity contribution < 1.29 is 4.79 Å². The maximum absolute atomic E-state index is 12.3. The van der Waals surface area contributed by atoms with E-state index in [1.807, 2.05) is 4.90 Å². The fourth-order valence-electron chi connectivity index (χ4n) is 3.39. The van der Waals surface area contributed by atoms with Crippen LogP contribution in [0.1, 0.15) is 30.5 Å². The first-order valence-corrected chi connectivity index (χ1v) is 9.60. The van der Waals surface area contributed by atoms with Gasteiger partial charge in [0, 0.05) is 44.8 Å². The number of rotatable bonds is 8. The summed E-state index contributed by atoms with van der Waals surface area (Å²) in [6, 6.07) is 10.7. The third-order valence-electron chi connectivity index (χ3n) is 4.96. The Labute approximate surface area is 156 Å². The predicted octanol–water partition coefficient (Wildman–Crippen LogP) is 2.58. The lowest BCUT2D eigenvalue weighted by atomic mass is 10.1. The molecule has 26 heavy (non-hydrogen) atoms. The van der Waals surface area contributed by atoms with E-state index in [2.05, 4.69) is 45.2 Å². The number of aromatic nitrogens is 2. The maximum atomic E-state index is 12.3. The van der Waals surface area contributed by atoms with E-state index >= 15 is 0 Å². The highest BCUT2D eigenvalue weighted by Gasteiger charge is 2.21. The van der Waals surface area contributed by atoms with Crippen LogP contribution >= 0.6 is 0 Å². The predicted molar refractivity (Wildman–Crippen MR) is 103 cm³/mol. The molecule has 2 aromatic rings. The van der Waals surface area contributed by atoms with Gasteiger partial charge in [0.05, 0.1) is 12.1 Å². The van der Waals surface area contributed by atoms with Crippen LogP contribution in [0.4, 0.5) is 0 Å². The highest BCUT2D eigenvalue weighted by atomic mass is 16.2. The first-order valence-electron chi connectivity index (χ1n) is 9.60. The van der Waals surface area contributed by atoms with Crippen LogP contribution in [-0.4, -0.2) is 58.4 Å². The smallest absolute Gasteiger partial charge is 0.228 e. The lowest BCUT2D eigenvalue weighted by Crippen LogP contribution is -2.49. The van der Waals surface area contributed by atoms with Crippen molar-refractivity contribution >= 4 is 5.91 Å². The third-order valence-corrected chi connectivity index (χ3v) is 4.96. The van der Waals surface area contributed by atoms with Crippen LogP contribution in [0.25, 0.3) is 0 Å². The molecule has 0 atom stereocenters. The summed E-state index contributed by atoms with van der Waals surface area (Å²) >= 11 is 0. The van der Waals surface area contributed by atoms with Crippen LogP contribution in [0, 0.1) is 0 Å². The van der Waals surface area contributed by atoms with Crippen LogP contribution in [-0.2, 0) is 17.6 Å².